The molecule has 0 fully saturated rings. The maximum atomic E-state index is 5.10. The Kier molecular flexibility index (Phi) is 20.6. The summed E-state index contributed by atoms with van der Waals surface area (Å²) in [6.45, 7) is 8.75. The maximum Gasteiger partial charge on any atom is 2.00 e. The number of allylic oxidation sites excluding steroid dienone is 10. The number of rotatable bonds is 6. The van der Waals surface area contributed by atoms with Gasteiger partial charge in [-0.05, 0) is 46.5 Å². The molecule has 0 spiro atoms. The molecular formula is C40H36N4S4Sn. The minimum Gasteiger partial charge on any atom is -0.411 e. The quantitative estimate of drug-likeness (QED) is 0.108. The van der Waals surface area contributed by atoms with Gasteiger partial charge >= 0.3 is 23.9 Å². The van der Waals surface area contributed by atoms with Gasteiger partial charge in [-0.3, -0.25) is 0 Å². The molecule has 244 valence electrons. The van der Waals surface area contributed by atoms with Crippen molar-refractivity contribution in [1.29, 1.82) is 0 Å². The van der Waals surface area contributed by atoms with E-state index in [1.165, 1.54) is 0 Å². The van der Waals surface area contributed by atoms with E-state index in [1.807, 2.05) is 168 Å². The van der Waals surface area contributed by atoms with Crippen molar-refractivity contribution in [3.63, 3.8) is 0 Å². The van der Waals surface area contributed by atoms with E-state index in [0.29, 0.717) is 21.7 Å². The number of aromatic nitrogens is 2. The molecule has 2 aromatic carbocycles. The number of nitrogens with zero attached hydrogens (tertiary/aromatic N) is 4. The van der Waals surface area contributed by atoms with Crippen LogP contribution in [0.1, 0.15) is 11.1 Å². The van der Waals surface area contributed by atoms with Gasteiger partial charge in [-0.2, -0.15) is 0 Å². The number of benzene rings is 2. The smallest absolute Gasteiger partial charge is 0.411 e. The monoisotopic (exact) mass is 820 g/mol. The number of pyridine rings is 2. The molecule has 0 N–H and O–H groups in total. The summed E-state index contributed by atoms with van der Waals surface area (Å²) >= 11 is 20.4. The molecule has 0 saturated heterocycles. The number of hydrogen-bond donors (Lipinski definition) is 0. The van der Waals surface area contributed by atoms with Crippen molar-refractivity contribution >= 4 is 93.9 Å². The first-order valence-electron chi connectivity index (χ1n) is 14.9. The van der Waals surface area contributed by atoms with Crippen molar-refractivity contribution in [1.82, 2.24) is 9.97 Å². The van der Waals surface area contributed by atoms with Gasteiger partial charge in [-0.15, -0.1) is 0 Å². The zero-order valence-corrected chi connectivity index (χ0v) is 33.0. The first-order chi connectivity index (χ1) is 23.3. The average Bonchev–Trinajstić information content (AvgIpc) is 3.12. The van der Waals surface area contributed by atoms with E-state index in [0.717, 1.165) is 33.9 Å². The standard InChI is InChI=1S/2C13H12N2S2.2C7H7.Sn/c2*16-13(17)15(12-8-4-5-9-14-12)10-11-6-2-1-3-7-11;2*1-7-5-3-2-4-6-7;/h2*1-9H,10H2,(H,16,17);2*2-6H,1H2;/q;;;;+2/p-2. The Morgan fingerprint density at radius 2 is 0.898 bits per heavy atom. The zero-order valence-electron chi connectivity index (χ0n) is 26.9. The molecule has 2 aliphatic carbocycles. The van der Waals surface area contributed by atoms with Gasteiger partial charge in [0.25, 0.3) is 0 Å². The van der Waals surface area contributed by atoms with Gasteiger partial charge in [-0.1, -0.05) is 143 Å². The maximum absolute atomic E-state index is 5.10. The Morgan fingerprint density at radius 1 is 0.531 bits per heavy atom. The third kappa shape index (κ3) is 16.9. The van der Waals surface area contributed by atoms with Crippen LogP contribution in [-0.2, 0) is 38.3 Å². The fourth-order valence-corrected chi connectivity index (χ4v) is 4.63. The number of anilines is 2. The third-order valence-electron chi connectivity index (χ3n) is 6.35. The predicted molar refractivity (Wildman–Crippen MR) is 223 cm³/mol. The van der Waals surface area contributed by atoms with Crippen LogP contribution in [0.3, 0.4) is 0 Å². The van der Waals surface area contributed by atoms with Crippen LogP contribution in [0.15, 0.2) is 182 Å². The average molecular weight is 820 g/mol. The van der Waals surface area contributed by atoms with Crippen molar-refractivity contribution in [2.75, 3.05) is 9.80 Å². The van der Waals surface area contributed by atoms with E-state index in [4.69, 9.17) is 49.7 Å². The van der Waals surface area contributed by atoms with E-state index in [1.54, 1.807) is 12.4 Å². The topological polar surface area (TPSA) is 32.3 Å². The molecule has 4 radical (unpaired) electrons. The predicted octanol–water partition coefficient (Wildman–Crippen LogP) is 9.20. The second-order valence-electron chi connectivity index (χ2n) is 10.0. The molecule has 0 bridgehead atoms. The molecule has 2 heterocycles. The van der Waals surface area contributed by atoms with Gasteiger partial charge in [0.05, 0.1) is 0 Å². The summed E-state index contributed by atoms with van der Waals surface area (Å²) in [7, 11) is 0. The Hall–Kier alpha value is -3.80. The van der Waals surface area contributed by atoms with Gasteiger partial charge in [0.1, 0.15) is 11.6 Å². The summed E-state index contributed by atoms with van der Waals surface area (Å²) in [6.07, 6.45) is 23.2. The molecule has 2 aliphatic rings. The van der Waals surface area contributed by atoms with Gasteiger partial charge in [-0.25, -0.2) is 9.97 Å². The molecule has 0 amide bonds. The van der Waals surface area contributed by atoms with Crippen LogP contribution in [-0.4, -0.2) is 42.5 Å². The summed E-state index contributed by atoms with van der Waals surface area (Å²) in [5, 5.41) is 0. The first kappa shape index (κ1) is 41.4. The summed E-state index contributed by atoms with van der Waals surface area (Å²) in [5.41, 5.74) is 4.46. The van der Waals surface area contributed by atoms with Gasteiger partial charge in [0, 0.05) is 38.3 Å². The summed E-state index contributed by atoms with van der Waals surface area (Å²) < 4.78 is 0.820. The second-order valence-corrected chi connectivity index (χ2v) is 12.1. The molecule has 2 aromatic heterocycles. The van der Waals surface area contributed by atoms with Gasteiger partial charge < -0.3 is 59.5 Å². The van der Waals surface area contributed by atoms with E-state index in [9.17, 15) is 0 Å². The van der Waals surface area contributed by atoms with Crippen LogP contribution < -0.4 is 9.80 Å². The second kappa shape index (κ2) is 24.4. The Morgan fingerprint density at radius 3 is 1.14 bits per heavy atom. The molecule has 6 rings (SSSR count). The molecule has 4 aromatic rings. The SMILES string of the molecule is C=C1[CH]C=CC=C1.C=C1[CH]C=CC=C1.S=C([S-])N(Cc1ccccc1)c1ccccn1.S=C([S-])N(Cc1ccccc1)c1ccccn1.[Sn+2]. The van der Waals surface area contributed by atoms with Gasteiger partial charge in [0.2, 0.25) is 0 Å². The molecule has 49 heavy (non-hydrogen) atoms. The molecule has 0 aliphatic heterocycles. The number of hydrogen-bond acceptors (Lipinski definition) is 6. The normalized spacial score (nSPS) is 12.0. The minimum absolute atomic E-state index is 0. The first-order valence-corrected chi connectivity index (χ1v) is 16.6. The van der Waals surface area contributed by atoms with Crippen LogP contribution in [0.5, 0.6) is 0 Å². The van der Waals surface area contributed by atoms with Crippen molar-refractivity contribution in [3.8, 4) is 0 Å². The van der Waals surface area contributed by atoms with Crippen molar-refractivity contribution < 1.29 is 0 Å². The van der Waals surface area contributed by atoms with E-state index in [2.05, 4.69) is 23.1 Å². The van der Waals surface area contributed by atoms with Crippen molar-refractivity contribution in [2.45, 2.75) is 13.1 Å². The van der Waals surface area contributed by atoms with Crippen molar-refractivity contribution in [2.24, 2.45) is 0 Å². The van der Waals surface area contributed by atoms with Crippen LogP contribution in [0.25, 0.3) is 0 Å². The summed E-state index contributed by atoms with van der Waals surface area (Å²) in [5.74, 6) is 1.58. The minimum atomic E-state index is 0. The molecule has 0 saturated carbocycles. The number of thiocarbonyl (C=S) groups is 2. The summed E-state index contributed by atoms with van der Waals surface area (Å²) in [4.78, 5) is 12.2. The fraction of sp³-hybridized carbons (Fsp3) is 0.0500. The Labute approximate surface area is 330 Å². The van der Waals surface area contributed by atoms with Crippen LogP contribution in [0, 0.1) is 12.8 Å². The molecule has 0 atom stereocenters. The van der Waals surface area contributed by atoms with Crippen molar-refractivity contribution in [3.05, 3.63) is 206 Å². The zero-order chi connectivity index (χ0) is 34.4. The van der Waals surface area contributed by atoms with E-state index < -0.39 is 0 Å². The van der Waals surface area contributed by atoms with Crippen LogP contribution >= 0.6 is 24.4 Å². The summed E-state index contributed by atoms with van der Waals surface area (Å²) in [6, 6.07) is 31.5. The Balaban J connectivity index is 0.000000243. The van der Waals surface area contributed by atoms with E-state index in [-0.39, 0.29) is 23.9 Å². The molecule has 9 heteroatoms. The molecule has 0 unspecified atom stereocenters. The van der Waals surface area contributed by atoms with E-state index >= 15 is 0 Å². The third-order valence-corrected chi connectivity index (χ3v) is 7.23. The van der Waals surface area contributed by atoms with Gasteiger partial charge in [0.15, 0.2) is 0 Å². The molecule has 4 nitrogen and oxygen atoms in total. The van der Waals surface area contributed by atoms with Crippen LogP contribution in [0.4, 0.5) is 11.6 Å². The fourth-order valence-electron chi connectivity index (χ4n) is 3.99. The largest absolute Gasteiger partial charge is 2.00 e. The van der Waals surface area contributed by atoms with Crippen LogP contribution in [0.2, 0.25) is 0 Å². The molecular weight excluding hydrogens is 783 g/mol. The Bertz CT molecular complexity index is 1580.